The zero-order valence-electron chi connectivity index (χ0n) is 17.7. The highest BCUT2D eigenvalue weighted by atomic mass is 32.1. The molecule has 0 spiro atoms. The summed E-state index contributed by atoms with van der Waals surface area (Å²) in [4.78, 5) is 31.0. The lowest BCUT2D eigenvalue weighted by atomic mass is 10.1. The number of aromatic nitrogens is 2. The van der Waals surface area contributed by atoms with Gasteiger partial charge in [0, 0.05) is 36.5 Å². The number of carbonyl (C=O) groups excluding carboxylic acids is 2. The predicted molar refractivity (Wildman–Crippen MR) is 123 cm³/mol. The van der Waals surface area contributed by atoms with Crippen molar-refractivity contribution in [2.24, 2.45) is 7.05 Å². The summed E-state index contributed by atoms with van der Waals surface area (Å²) < 4.78 is 7.42. The molecule has 0 saturated heterocycles. The number of aryl methyl sites for hydroxylation is 2. The number of ether oxygens (including phenoxy) is 1. The number of rotatable bonds is 6. The van der Waals surface area contributed by atoms with Gasteiger partial charge in [-0.05, 0) is 30.2 Å². The fraction of sp³-hybridized carbons (Fsp3) is 0.208. The summed E-state index contributed by atoms with van der Waals surface area (Å²) in [6.45, 7) is 3.64. The van der Waals surface area contributed by atoms with Crippen molar-refractivity contribution >= 4 is 44.9 Å². The Morgan fingerprint density at radius 2 is 1.87 bits per heavy atom. The van der Waals surface area contributed by atoms with E-state index in [1.165, 1.54) is 23.8 Å². The first-order chi connectivity index (χ1) is 15.0. The van der Waals surface area contributed by atoms with Crippen LogP contribution in [0.25, 0.3) is 10.9 Å². The van der Waals surface area contributed by atoms with E-state index in [1.807, 2.05) is 65.5 Å². The van der Waals surface area contributed by atoms with Gasteiger partial charge in [-0.25, -0.2) is 9.78 Å². The monoisotopic (exact) mass is 433 g/mol. The Labute approximate surface area is 184 Å². The molecule has 0 atom stereocenters. The van der Waals surface area contributed by atoms with Gasteiger partial charge < -0.3 is 9.30 Å². The third-order valence-electron chi connectivity index (χ3n) is 5.12. The van der Waals surface area contributed by atoms with E-state index in [9.17, 15) is 9.59 Å². The van der Waals surface area contributed by atoms with Crippen molar-refractivity contribution in [2.45, 2.75) is 26.9 Å². The molecule has 2 heterocycles. The molecule has 0 N–H and O–H groups in total. The molecule has 0 aliphatic heterocycles. The Kier molecular flexibility index (Phi) is 5.86. The average molecular weight is 434 g/mol. The number of fused-ring (bicyclic) bond motifs is 1. The average Bonchev–Trinajstić information content (AvgIpc) is 3.37. The second kappa shape index (κ2) is 8.73. The topological polar surface area (TPSA) is 64.4 Å². The summed E-state index contributed by atoms with van der Waals surface area (Å²) >= 11 is 1.34. The van der Waals surface area contributed by atoms with Crippen LogP contribution in [0.4, 0.5) is 10.8 Å². The van der Waals surface area contributed by atoms with Gasteiger partial charge in [0.1, 0.15) is 6.61 Å². The highest BCUT2D eigenvalue weighted by molar-refractivity contribution is 7.14. The number of amides is 1. The van der Waals surface area contributed by atoms with Crippen molar-refractivity contribution in [1.82, 2.24) is 9.55 Å². The zero-order valence-corrected chi connectivity index (χ0v) is 18.5. The number of para-hydroxylation sites is 1. The maximum Gasteiger partial charge on any atom is 0.340 e. The van der Waals surface area contributed by atoms with Crippen LogP contribution in [0.2, 0.25) is 0 Å². The molecule has 2 aromatic heterocycles. The van der Waals surface area contributed by atoms with E-state index in [1.54, 1.807) is 11.1 Å². The SMILES string of the molecule is CCc1ccc(N(C(C)=O)c2nc(COC(=O)c3cn(C)c4ccccc34)cs2)cc1. The third kappa shape index (κ3) is 4.22. The molecule has 31 heavy (non-hydrogen) atoms. The lowest BCUT2D eigenvalue weighted by molar-refractivity contribution is -0.115. The molecule has 7 heteroatoms. The number of nitrogens with zero attached hydrogens (tertiary/aromatic N) is 3. The Balaban J connectivity index is 1.50. The highest BCUT2D eigenvalue weighted by Gasteiger charge is 2.19. The van der Waals surface area contributed by atoms with E-state index in [-0.39, 0.29) is 12.5 Å². The van der Waals surface area contributed by atoms with Gasteiger partial charge in [0.25, 0.3) is 0 Å². The minimum absolute atomic E-state index is 0.0407. The second-order valence-corrected chi connectivity index (χ2v) is 8.08. The number of carbonyl (C=O) groups is 2. The van der Waals surface area contributed by atoms with Crippen molar-refractivity contribution in [2.75, 3.05) is 4.90 Å². The van der Waals surface area contributed by atoms with Crippen molar-refractivity contribution < 1.29 is 14.3 Å². The second-order valence-electron chi connectivity index (χ2n) is 7.24. The lowest BCUT2D eigenvalue weighted by Gasteiger charge is -2.18. The van der Waals surface area contributed by atoms with Crippen LogP contribution in [-0.2, 0) is 29.6 Å². The summed E-state index contributed by atoms with van der Waals surface area (Å²) in [5, 5.41) is 3.21. The number of hydrogen-bond acceptors (Lipinski definition) is 5. The maximum atomic E-state index is 12.7. The van der Waals surface area contributed by atoms with Gasteiger partial charge in [-0.2, -0.15) is 0 Å². The molecule has 2 aromatic carbocycles. The molecule has 4 rings (SSSR count). The molecule has 158 valence electrons. The van der Waals surface area contributed by atoms with E-state index in [4.69, 9.17) is 4.74 Å². The van der Waals surface area contributed by atoms with Gasteiger partial charge in [-0.15, -0.1) is 11.3 Å². The smallest absolute Gasteiger partial charge is 0.340 e. The largest absolute Gasteiger partial charge is 0.455 e. The van der Waals surface area contributed by atoms with Gasteiger partial charge in [0.15, 0.2) is 5.13 Å². The molecule has 6 nitrogen and oxygen atoms in total. The zero-order chi connectivity index (χ0) is 22.0. The van der Waals surface area contributed by atoms with Crippen molar-refractivity contribution in [3.05, 3.63) is 76.9 Å². The minimum atomic E-state index is -0.398. The summed E-state index contributed by atoms with van der Waals surface area (Å²) in [5.41, 5.74) is 4.06. The van der Waals surface area contributed by atoms with E-state index in [0.29, 0.717) is 16.4 Å². The third-order valence-corrected chi connectivity index (χ3v) is 5.99. The molecule has 0 radical (unpaired) electrons. The molecular weight excluding hydrogens is 410 g/mol. The van der Waals surface area contributed by atoms with E-state index in [2.05, 4.69) is 11.9 Å². The van der Waals surface area contributed by atoms with E-state index >= 15 is 0 Å². The van der Waals surface area contributed by atoms with Crippen LogP contribution >= 0.6 is 11.3 Å². The Hall–Kier alpha value is -3.45. The van der Waals surface area contributed by atoms with Crippen LogP contribution in [0, 0.1) is 0 Å². The summed E-state index contributed by atoms with van der Waals surface area (Å²) in [7, 11) is 1.90. The molecular formula is C24H23N3O3S. The summed E-state index contributed by atoms with van der Waals surface area (Å²) in [6.07, 6.45) is 2.71. The van der Waals surface area contributed by atoms with Gasteiger partial charge in [0.05, 0.1) is 16.9 Å². The van der Waals surface area contributed by atoms with Crippen LogP contribution in [-0.4, -0.2) is 21.4 Å². The molecule has 0 fully saturated rings. The fourth-order valence-corrected chi connectivity index (χ4v) is 4.37. The number of hydrogen-bond donors (Lipinski definition) is 0. The standard InChI is InChI=1S/C24H23N3O3S/c1-4-17-9-11-19(12-10-17)27(16(2)28)24-25-18(15-31-24)14-30-23(29)21-13-26(3)22-8-6-5-7-20(21)22/h5-13,15H,4,14H2,1-3H3. The van der Waals surface area contributed by atoms with Gasteiger partial charge >= 0.3 is 5.97 Å². The van der Waals surface area contributed by atoms with Crippen molar-refractivity contribution in [3.8, 4) is 0 Å². The van der Waals surface area contributed by atoms with Crippen molar-refractivity contribution in [1.29, 1.82) is 0 Å². The van der Waals surface area contributed by atoms with Crippen LogP contribution < -0.4 is 4.90 Å². The first-order valence-electron chi connectivity index (χ1n) is 10.0. The van der Waals surface area contributed by atoms with Gasteiger partial charge in [0.2, 0.25) is 5.91 Å². The minimum Gasteiger partial charge on any atom is -0.455 e. The first-order valence-corrected chi connectivity index (χ1v) is 10.9. The number of benzene rings is 2. The predicted octanol–water partition coefficient (Wildman–Crippen LogP) is 5.24. The highest BCUT2D eigenvalue weighted by Crippen LogP contribution is 2.30. The van der Waals surface area contributed by atoms with E-state index in [0.717, 1.165) is 23.0 Å². The number of thiazole rings is 1. The summed E-state index contributed by atoms with van der Waals surface area (Å²) in [6, 6.07) is 15.5. The Morgan fingerprint density at radius 1 is 1.13 bits per heavy atom. The van der Waals surface area contributed by atoms with E-state index < -0.39 is 5.97 Å². The van der Waals surface area contributed by atoms with Crippen LogP contribution in [0.15, 0.2) is 60.1 Å². The molecule has 0 aliphatic rings. The van der Waals surface area contributed by atoms with Crippen LogP contribution in [0.5, 0.6) is 0 Å². The molecule has 0 aliphatic carbocycles. The molecule has 0 unspecified atom stereocenters. The Bertz CT molecular complexity index is 1240. The molecule has 0 bridgehead atoms. The van der Waals surface area contributed by atoms with Crippen molar-refractivity contribution in [3.63, 3.8) is 0 Å². The molecule has 1 amide bonds. The Morgan fingerprint density at radius 3 is 2.58 bits per heavy atom. The maximum absolute atomic E-state index is 12.7. The first kappa shape index (κ1) is 20.8. The number of esters is 1. The van der Waals surface area contributed by atoms with Crippen LogP contribution in [0.1, 0.15) is 35.5 Å². The normalized spacial score (nSPS) is 10.9. The molecule has 4 aromatic rings. The lowest BCUT2D eigenvalue weighted by Crippen LogP contribution is -2.22. The van der Waals surface area contributed by atoms with Crippen LogP contribution in [0.3, 0.4) is 0 Å². The van der Waals surface area contributed by atoms with Gasteiger partial charge in [-0.3, -0.25) is 9.69 Å². The number of anilines is 2. The quantitative estimate of drug-likeness (QED) is 0.390. The molecule has 0 saturated carbocycles. The fourth-order valence-electron chi connectivity index (χ4n) is 3.49. The van der Waals surface area contributed by atoms with Gasteiger partial charge in [-0.1, -0.05) is 37.3 Å². The summed E-state index contributed by atoms with van der Waals surface area (Å²) in [5.74, 6) is -0.525.